The molecule has 16 heavy (non-hydrogen) atoms. The molecule has 1 aliphatic heterocycles. The normalized spacial score (nSPS) is 35.4. The molecule has 0 amide bonds. The fourth-order valence-corrected chi connectivity index (χ4v) is 3.95. The Hall–Kier alpha value is -0.0400. The summed E-state index contributed by atoms with van der Waals surface area (Å²) in [4.78, 5) is 0. The van der Waals surface area contributed by atoms with Gasteiger partial charge in [0.2, 0.25) is 0 Å². The molecule has 0 spiro atoms. The fraction of sp³-hybridized carbons (Fsp3) is 1.00. The maximum atomic E-state index is 3.85. The number of hydrogen-bond acceptors (Lipinski definition) is 1. The third-order valence-electron chi connectivity index (χ3n) is 4.93. The van der Waals surface area contributed by atoms with E-state index in [4.69, 9.17) is 0 Å². The minimum absolute atomic E-state index is 0.698. The zero-order valence-electron chi connectivity index (χ0n) is 11.1. The van der Waals surface area contributed by atoms with Gasteiger partial charge in [-0.05, 0) is 44.1 Å². The molecule has 1 saturated carbocycles. The van der Waals surface area contributed by atoms with Gasteiger partial charge in [0.1, 0.15) is 0 Å². The summed E-state index contributed by atoms with van der Waals surface area (Å²) in [5.74, 6) is 0. The van der Waals surface area contributed by atoms with E-state index in [1.807, 2.05) is 0 Å². The Morgan fingerprint density at radius 1 is 1.06 bits per heavy atom. The van der Waals surface area contributed by atoms with Crippen molar-refractivity contribution in [2.24, 2.45) is 5.41 Å². The molecular weight excluding hydrogens is 194 g/mol. The van der Waals surface area contributed by atoms with E-state index in [0.717, 1.165) is 6.04 Å². The summed E-state index contributed by atoms with van der Waals surface area (Å²) in [6, 6.07) is 0.862. The van der Waals surface area contributed by atoms with Crippen LogP contribution in [0.3, 0.4) is 0 Å². The van der Waals surface area contributed by atoms with E-state index in [1.54, 1.807) is 0 Å². The van der Waals surface area contributed by atoms with Gasteiger partial charge in [0.25, 0.3) is 0 Å². The van der Waals surface area contributed by atoms with Crippen molar-refractivity contribution in [2.75, 3.05) is 6.54 Å². The summed E-state index contributed by atoms with van der Waals surface area (Å²) in [6.45, 7) is 3.60. The Morgan fingerprint density at radius 2 is 1.88 bits per heavy atom. The Bertz CT molecular complexity index is 202. The summed E-state index contributed by atoms with van der Waals surface area (Å²) in [5, 5.41) is 3.85. The molecule has 1 nitrogen and oxygen atoms in total. The molecule has 94 valence electrons. The SMILES string of the molecule is CCCCC[C@]12CCCCN[C@@H]1CCCC2. The highest BCUT2D eigenvalue weighted by Gasteiger charge is 2.40. The van der Waals surface area contributed by atoms with Crippen molar-refractivity contribution in [3.8, 4) is 0 Å². The summed E-state index contributed by atoms with van der Waals surface area (Å²) >= 11 is 0. The first-order valence-corrected chi connectivity index (χ1v) is 7.61. The molecule has 0 unspecified atom stereocenters. The summed E-state index contributed by atoms with van der Waals surface area (Å²) in [5.41, 5.74) is 0.698. The number of unbranched alkanes of at least 4 members (excludes halogenated alkanes) is 2. The molecule has 0 aromatic heterocycles. The van der Waals surface area contributed by atoms with Crippen LogP contribution in [0, 0.1) is 5.41 Å². The standard InChI is InChI=1S/C15H29N/c1-2-3-5-10-15-11-6-4-9-14(15)16-13-8-7-12-15/h14,16H,2-13H2,1H3/t14-,15+/m1/s1. The lowest BCUT2D eigenvalue weighted by molar-refractivity contribution is 0.107. The van der Waals surface area contributed by atoms with Crippen LogP contribution in [0.4, 0.5) is 0 Å². The Labute approximate surface area is 101 Å². The van der Waals surface area contributed by atoms with Crippen LogP contribution >= 0.6 is 0 Å². The number of rotatable bonds is 4. The van der Waals surface area contributed by atoms with Crippen LogP contribution in [0.5, 0.6) is 0 Å². The highest BCUT2D eigenvalue weighted by atomic mass is 14.9. The molecule has 2 rings (SSSR count). The zero-order valence-corrected chi connectivity index (χ0v) is 11.1. The van der Waals surface area contributed by atoms with E-state index in [-0.39, 0.29) is 0 Å². The van der Waals surface area contributed by atoms with Crippen molar-refractivity contribution in [3.05, 3.63) is 0 Å². The Morgan fingerprint density at radius 3 is 2.69 bits per heavy atom. The summed E-state index contributed by atoms with van der Waals surface area (Å²) < 4.78 is 0. The number of nitrogens with one attached hydrogen (secondary N) is 1. The molecule has 0 aromatic carbocycles. The van der Waals surface area contributed by atoms with E-state index in [9.17, 15) is 0 Å². The summed E-state index contributed by atoms with van der Waals surface area (Å²) in [6.07, 6.45) is 16.1. The van der Waals surface area contributed by atoms with Crippen molar-refractivity contribution in [1.82, 2.24) is 5.32 Å². The fourth-order valence-electron chi connectivity index (χ4n) is 3.95. The van der Waals surface area contributed by atoms with Crippen molar-refractivity contribution in [1.29, 1.82) is 0 Å². The van der Waals surface area contributed by atoms with Crippen molar-refractivity contribution in [2.45, 2.75) is 83.6 Å². The van der Waals surface area contributed by atoms with Gasteiger partial charge in [-0.25, -0.2) is 0 Å². The molecular formula is C15H29N. The molecule has 0 bridgehead atoms. The maximum Gasteiger partial charge on any atom is 0.0123 e. The number of hydrogen-bond donors (Lipinski definition) is 1. The second-order valence-corrected chi connectivity index (χ2v) is 6.03. The first-order chi connectivity index (χ1) is 7.87. The molecule has 0 radical (unpaired) electrons. The molecule has 2 aliphatic rings. The van der Waals surface area contributed by atoms with Crippen LogP contribution in [0.2, 0.25) is 0 Å². The number of fused-ring (bicyclic) bond motifs is 1. The molecule has 1 saturated heterocycles. The van der Waals surface area contributed by atoms with Crippen LogP contribution in [0.1, 0.15) is 77.6 Å². The first-order valence-electron chi connectivity index (χ1n) is 7.61. The molecule has 2 fully saturated rings. The Balaban J connectivity index is 1.97. The first kappa shape index (κ1) is 12.4. The lowest BCUT2D eigenvalue weighted by Gasteiger charge is -2.44. The second-order valence-electron chi connectivity index (χ2n) is 6.03. The lowest BCUT2D eigenvalue weighted by Crippen LogP contribution is -2.46. The zero-order chi connectivity index (χ0) is 11.3. The minimum atomic E-state index is 0.698. The van der Waals surface area contributed by atoms with Gasteiger partial charge in [-0.3, -0.25) is 0 Å². The predicted molar refractivity (Wildman–Crippen MR) is 70.7 cm³/mol. The van der Waals surface area contributed by atoms with Crippen LogP contribution < -0.4 is 5.32 Å². The van der Waals surface area contributed by atoms with E-state index in [1.165, 1.54) is 77.2 Å². The Kier molecular flexibility index (Phi) is 4.69. The van der Waals surface area contributed by atoms with Gasteiger partial charge in [-0.15, -0.1) is 0 Å². The van der Waals surface area contributed by atoms with Crippen LogP contribution in [-0.4, -0.2) is 12.6 Å². The molecule has 2 atom stereocenters. The average Bonchev–Trinajstić information content (AvgIpc) is 2.52. The molecule has 0 aromatic rings. The van der Waals surface area contributed by atoms with Crippen LogP contribution in [0.25, 0.3) is 0 Å². The topological polar surface area (TPSA) is 12.0 Å². The monoisotopic (exact) mass is 223 g/mol. The third kappa shape index (κ3) is 2.80. The molecule has 1 N–H and O–H groups in total. The van der Waals surface area contributed by atoms with Gasteiger partial charge < -0.3 is 5.32 Å². The van der Waals surface area contributed by atoms with Gasteiger partial charge in [0.05, 0.1) is 0 Å². The van der Waals surface area contributed by atoms with Crippen molar-refractivity contribution >= 4 is 0 Å². The van der Waals surface area contributed by atoms with Crippen molar-refractivity contribution < 1.29 is 0 Å². The summed E-state index contributed by atoms with van der Waals surface area (Å²) in [7, 11) is 0. The second kappa shape index (κ2) is 6.05. The van der Waals surface area contributed by atoms with Crippen LogP contribution in [0.15, 0.2) is 0 Å². The van der Waals surface area contributed by atoms with Crippen LogP contribution in [-0.2, 0) is 0 Å². The van der Waals surface area contributed by atoms with Gasteiger partial charge >= 0.3 is 0 Å². The van der Waals surface area contributed by atoms with E-state index < -0.39 is 0 Å². The highest BCUT2D eigenvalue weighted by molar-refractivity contribution is 4.95. The predicted octanol–water partition coefficient (Wildman–Crippen LogP) is 4.27. The third-order valence-corrected chi connectivity index (χ3v) is 4.93. The maximum absolute atomic E-state index is 3.85. The van der Waals surface area contributed by atoms with E-state index in [2.05, 4.69) is 12.2 Å². The van der Waals surface area contributed by atoms with Gasteiger partial charge in [-0.1, -0.05) is 45.4 Å². The highest BCUT2D eigenvalue weighted by Crippen LogP contribution is 2.45. The quantitative estimate of drug-likeness (QED) is 0.702. The van der Waals surface area contributed by atoms with Gasteiger partial charge in [0, 0.05) is 6.04 Å². The van der Waals surface area contributed by atoms with Gasteiger partial charge in [-0.2, -0.15) is 0 Å². The molecule has 1 heterocycles. The molecule has 1 heteroatoms. The van der Waals surface area contributed by atoms with E-state index >= 15 is 0 Å². The smallest absolute Gasteiger partial charge is 0.0123 e. The average molecular weight is 223 g/mol. The minimum Gasteiger partial charge on any atom is -0.313 e. The van der Waals surface area contributed by atoms with Crippen molar-refractivity contribution in [3.63, 3.8) is 0 Å². The van der Waals surface area contributed by atoms with Gasteiger partial charge in [0.15, 0.2) is 0 Å². The van der Waals surface area contributed by atoms with E-state index in [0.29, 0.717) is 5.41 Å². The largest absolute Gasteiger partial charge is 0.313 e. The lowest BCUT2D eigenvalue weighted by atomic mass is 9.65. The molecule has 1 aliphatic carbocycles.